The molecular formula is C25H21N3O5S. The summed E-state index contributed by atoms with van der Waals surface area (Å²) < 4.78 is 16.2. The first kappa shape index (κ1) is 23.1. The Balaban J connectivity index is 1.41. The highest BCUT2D eigenvalue weighted by molar-refractivity contribution is 7.99. The molecule has 0 saturated heterocycles. The van der Waals surface area contributed by atoms with Gasteiger partial charge in [-0.1, -0.05) is 54.2 Å². The summed E-state index contributed by atoms with van der Waals surface area (Å²) in [6.45, 7) is 0. The highest BCUT2D eigenvalue weighted by Gasteiger charge is 2.17. The van der Waals surface area contributed by atoms with Gasteiger partial charge in [0.05, 0.1) is 25.7 Å². The Hall–Kier alpha value is -4.11. The summed E-state index contributed by atoms with van der Waals surface area (Å²) in [5.41, 5.74) is 2.07. The number of rotatable bonds is 9. The van der Waals surface area contributed by atoms with Gasteiger partial charge in [-0.15, -0.1) is 10.2 Å². The van der Waals surface area contributed by atoms with E-state index in [0.29, 0.717) is 39.8 Å². The molecule has 0 unspecified atom stereocenters. The van der Waals surface area contributed by atoms with Crippen LogP contribution in [0.1, 0.15) is 15.9 Å². The van der Waals surface area contributed by atoms with E-state index in [-0.39, 0.29) is 22.7 Å². The number of carbonyl (C=O) groups excluding carboxylic acids is 2. The number of ketones is 1. The van der Waals surface area contributed by atoms with E-state index in [9.17, 15) is 9.59 Å². The first-order valence-corrected chi connectivity index (χ1v) is 11.2. The molecule has 0 bridgehead atoms. The number of amides is 1. The summed E-state index contributed by atoms with van der Waals surface area (Å²) in [5.74, 6) is 0.979. The molecule has 8 nitrogen and oxygen atoms in total. The number of thioether (sulfide) groups is 1. The van der Waals surface area contributed by atoms with Gasteiger partial charge in [0.1, 0.15) is 0 Å². The Labute approximate surface area is 200 Å². The molecule has 4 rings (SSSR count). The summed E-state index contributed by atoms with van der Waals surface area (Å²) in [6, 6.07) is 21.1. The van der Waals surface area contributed by atoms with E-state index >= 15 is 0 Å². The zero-order valence-electron chi connectivity index (χ0n) is 18.5. The molecular weight excluding hydrogens is 454 g/mol. The first-order valence-electron chi connectivity index (χ1n) is 10.3. The molecule has 0 aliphatic carbocycles. The van der Waals surface area contributed by atoms with Crippen LogP contribution < -0.4 is 14.8 Å². The predicted molar refractivity (Wildman–Crippen MR) is 129 cm³/mol. The van der Waals surface area contributed by atoms with Gasteiger partial charge in [-0.2, -0.15) is 0 Å². The normalized spacial score (nSPS) is 10.5. The molecule has 3 aromatic carbocycles. The van der Waals surface area contributed by atoms with E-state index < -0.39 is 0 Å². The highest BCUT2D eigenvalue weighted by atomic mass is 32.2. The Kier molecular flexibility index (Phi) is 7.24. The maximum Gasteiger partial charge on any atom is 0.277 e. The third-order valence-corrected chi connectivity index (χ3v) is 5.66. The van der Waals surface area contributed by atoms with Crippen LogP contribution in [0, 0.1) is 0 Å². The zero-order valence-corrected chi connectivity index (χ0v) is 19.3. The number of carbonyl (C=O) groups is 2. The van der Waals surface area contributed by atoms with Crippen molar-refractivity contribution >= 4 is 29.1 Å². The van der Waals surface area contributed by atoms with Crippen LogP contribution in [0.25, 0.3) is 11.5 Å². The van der Waals surface area contributed by atoms with Gasteiger partial charge in [0, 0.05) is 16.7 Å². The molecule has 1 heterocycles. The molecule has 172 valence electrons. The van der Waals surface area contributed by atoms with E-state index in [2.05, 4.69) is 15.5 Å². The quantitative estimate of drug-likeness (QED) is 0.274. The lowest BCUT2D eigenvalue weighted by atomic mass is 10.0. The largest absolute Gasteiger partial charge is 0.493 e. The molecule has 0 aliphatic heterocycles. The standard InChI is InChI=1S/C25H21N3O5S/c1-31-20-13-12-17(14-21(20)32-2)24-27-28-25(33-24)34-15-22(29)26-19-11-7-6-10-18(19)23(30)16-8-4-3-5-9-16/h3-14H,15H2,1-2H3,(H,26,29). The first-order chi connectivity index (χ1) is 16.6. The number of para-hydroxylation sites is 1. The van der Waals surface area contributed by atoms with Gasteiger partial charge >= 0.3 is 0 Å². The summed E-state index contributed by atoms with van der Waals surface area (Å²) in [6.07, 6.45) is 0. The van der Waals surface area contributed by atoms with E-state index in [4.69, 9.17) is 13.9 Å². The maximum absolute atomic E-state index is 12.8. The lowest BCUT2D eigenvalue weighted by Gasteiger charge is -2.10. The second-order valence-electron chi connectivity index (χ2n) is 7.02. The fourth-order valence-corrected chi connectivity index (χ4v) is 3.77. The topological polar surface area (TPSA) is 104 Å². The van der Waals surface area contributed by atoms with Crippen LogP contribution in [0.15, 0.2) is 82.4 Å². The van der Waals surface area contributed by atoms with Crippen molar-refractivity contribution in [2.45, 2.75) is 5.22 Å². The SMILES string of the molecule is COc1ccc(-c2nnc(SCC(=O)Nc3ccccc3C(=O)c3ccccc3)o2)cc1OC. The van der Waals surface area contributed by atoms with Crippen molar-refractivity contribution in [3.8, 4) is 23.0 Å². The van der Waals surface area contributed by atoms with Crippen molar-refractivity contribution in [1.29, 1.82) is 0 Å². The number of hydrogen-bond donors (Lipinski definition) is 1. The summed E-state index contributed by atoms with van der Waals surface area (Å²) in [7, 11) is 3.10. The monoisotopic (exact) mass is 475 g/mol. The van der Waals surface area contributed by atoms with Crippen LogP contribution in [0.4, 0.5) is 5.69 Å². The third kappa shape index (κ3) is 5.26. The molecule has 0 fully saturated rings. The molecule has 1 N–H and O–H groups in total. The lowest BCUT2D eigenvalue weighted by molar-refractivity contribution is -0.113. The van der Waals surface area contributed by atoms with E-state index in [1.807, 2.05) is 6.07 Å². The Bertz CT molecular complexity index is 1310. The van der Waals surface area contributed by atoms with Gasteiger partial charge in [0.2, 0.25) is 11.8 Å². The van der Waals surface area contributed by atoms with Crippen LogP contribution in [0.3, 0.4) is 0 Å². The number of benzene rings is 3. The maximum atomic E-state index is 12.8. The van der Waals surface area contributed by atoms with Crippen molar-refractivity contribution in [1.82, 2.24) is 10.2 Å². The molecule has 0 radical (unpaired) electrons. The summed E-state index contributed by atoms with van der Waals surface area (Å²) in [5, 5.41) is 11.1. The van der Waals surface area contributed by atoms with E-state index in [1.165, 1.54) is 0 Å². The lowest BCUT2D eigenvalue weighted by Crippen LogP contribution is -2.17. The van der Waals surface area contributed by atoms with Crippen molar-refractivity contribution in [3.05, 3.63) is 83.9 Å². The fraction of sp³-hybridized carbons (Fsp3) is 0.120. The number of anilines is 1. The molecule has 1 aromatic heterocycles. The smallest absolute Gasteiger partial charge is 0.277 e. The van der Waals surface area contributed by atoms with Crippen molar-refractivity contribution in [2.24, 2.45) is 0 Å². The van der Waals surface area contributed by atoms with Gasteiger partial charge in [0.25, 0.3) is 5.22 Å². The number of nitrogens with one attached hydrogen (secondary N) is 1. The Morgan fingerprint density at radius 3 is 2.41 bits per heavy atom. The number of ether oxygens (including phenoxy) is 2. The molecule has 0 spiro atoms. The van der Waals surface area contributed by atoms with Crippen LogP contribution in [-0.4, -0.2) is 41.9 Å². The molecule has 4 aromatic rings. The fourth-order valence-electron chi connectivity index (χ4n) is 3.20. The van der Waals surface area contributed by atoms with Crippen molar-refractivity contribution < 1.29 is 23.5 Å². The molecule has 9 heteroatoms. The van der Waals surface area contributed by atoms with Gasteiger partial charge in [-0.25, -0.2) is 0 Å². The average Bonchev–Trinajstić information content (AvgIpc) is 3.36. The highest BCUT2D eigenvalue weighted by Crippen LogP contribution is 2.32. The van der Waals surface area contributed by atoms with Crippen molar-refractivity contribution in [2.75, 3.05) is 25.3 Å². The number of hydrogen-bond acceptors (Lipinski definition) is 8. The number of aromatic nitrogens is 2. The van der Waals surface area contributed by atoms with Gasteiger partial charge in [-0.05, 0) is 30.3 Å². The Morgan fingerprint density at radius 2 is 1.65 bits per heavy atom. The second-order valence-corrected chi connectivity index (χ2v) is 7.95. The Morgan fingerprint density at radius 1 is 0.912 bits per heavy atom. The summed E-state index contributed by atoms with van der Waals surface area (Å²) in [4.78, 5) is 25.4. The minimum absolute atomic E-state index is 0.0292. The number of methoxy groups -OCH3 is 2. The van der Waals surface area contributed by atoms with Crippen LogP contribution >= 0.6 is 11.8 Å². The average molecular weight is 476 g/mol. The zero-order chi connectivity index (χ0) is 23.9. The van der Waals surface area contributed by atoms with Crippen molar-refractivity contribution in [3.63, 3.8) is 0 Å². The van der Waals surface area contributed by atoms with E-state index in [0.717, 1.165) is 11.8 Å². The molecule has 1 amide bonds. The molecule has 0 saturated carbocycles. The second kappa shape index (κ2) is 10.7. The van der Waals surface area contributed by atoms with Gasteiger partial charge in [0.15, 0.2) is 17.3 Å². The van der Waals surface area contributed by atoms with Gasteiger partial charge < -0.3 is 19.2 Å². The van der Waals surface area contributed by atoms with Crippen LogP contribution in [0.5, 0.6) is 11.5 Å². The molecule has 0 aliphatic rings. The van der Waals surface area contributed by atoms with Crippen LogP contribution in [-0.2, 0) is 4.79 Å². The van der Waals surface area contributed by atoms with Gasteiger partial charge in [-0.3, -0.25) is 9.59 Å². The minimum atomic E-state index is -0.302. The molecule has 34 heavy (non-hydrogen) atoms. The summed E-state index contributed by atoms with van der Waals surface area (Å²) >= 11 is 1.10. The molecule has 0 atom stereocenters. The minimum Gasteiger partial charge on any atom is -0.493 e. The number of nitrogens with zero attached hydrogens (tertiary/aromatic N) is 2. The van der Waals surface area contributed by atoms with E-state index in [1.54, 1.807) is 80.9 Å². The third-order valence-electron chi connectivity index (χ3n) is 4.85. The van der Waals surface area contributed by atoms with Crippen LogP contribution in [0.2, 0.25) is 0 Å². The predicted octanol–water partition coefficient (Wildman–Crippen LogP) is 4.72.